The molecule has 0 radical (unpaired) electrons. The zero-order valence-electron chi connectivity index (χ0n) is 15.9. The maximum absolute atomic E-state index is 5.82. The summed E-state index contributed by atoms with van der Waals surface area (Å²) in [5.74, 6) is 0. The van der Waals surface area contributed by atoms with E-state index in [9.17, 15) is 0 Å². The standard InChI is InChI=1S/C18H32O9/c1(3-21-9-16-12-25-16)19-7-15(24-6-5-23-11-18-14-27-18)8-20-2-4-22-10-17-13-26-17/h15-18H,1-14H2. The van der Waals surface area contributed by atoms with Gasteiger partial charge < -0.3 is 42.6 Å². The lowest BCUT2D eigenvalue weighted by molar-refractivity contribution is -0.0840. The van der Waals surface area contributed by atoms with Crippen LogP contribution in [-0.4, -0.2) is 117 Å². The van der Waals surface area contributed by atoms with Crippen molar-refractivity contribution in [2.75, 3.05) is 92.5 Å². The van der Waals surface area contributed by atoms with Gasteiger partial charge in [-0.3, -0.25) is 0 Å². The van der Waals surface area contributed by atoms with Crippen molar-refractivity contribution in [1.82, 2.24) is 0 Å². The Labute approximate surface area is 160 Å². The van der Waals surface area contributed by atoms with Gasteiger partial charge in [0.15, 0.2) is 0 Å². The van der Waals surface area contributed by atoms with E-state index < -0.39 is 0 Å². The highest BCUT2D eigenvalue weighted by Crippen LogP contribution is 2.09. The molecule has 3 aliphatic rings. The first kappa shape index (κ1) is 21.4. The van der Waals surface area contributed by atoms with Gasteiger partial charge in [-0.1, -0.05) is 0 Å². The predicted molar refractivity (Wildman–Crippen MR) is 93.1 cm³/mol. The van der Waals surface area contributed by atoms with Crippen LogP contribution in [0.25, 0.3) is 0 Å². The van der Waals surface area contributed by atoms with Crippen molar-refractivity contribution in [1.29, 1.82) is 0 Å². The minimum absolute atomic E-state index is 0.149. The molecular weight excluding hydrogens is 360 g/mol. The van der Waals surface area contributed by atoms with E-state index in [0.717, 1.165) is 19.8 Å². The third-order valence-corrected chi connectivity index (χ3v) is 4.05. The monoisotopic (exact) mass is 392 g/mol. The van der Waals surface area contributed by atoms with E-state index in [1.165, 1.54) is 0 Å². The summed E-state index contributed by atoms with van der Waals surface area (Å²) in [6, 6.07) is 0. The zero-order valence-corrected chi connectivity index (χ0v) is 15.9. The van der Waals surface area contributed by atoms with Gasteiger partial charge in [0.05, 0.1) is 92.5 Å². The molecule has 0 aromatic rings. The first-order valence-corrected chi connectivity index (χ1v) is 9.75. The van der Waals surface area contributed by atoms with Gasteiger partial charge in [0.2, 0.25) is 0 Å². The van der Waals surface area contributed by atoms with Gasteiger partial charge in [-0.15, -0.1) is 0 Å². The van der Waals surface area contributed by atoms with Crippen LogP contribution in [0.4, 0.5) is 0 Å². The van der Waals surface area contributed by atoms with Crippen molar-refractivity contribution < 1.29 is 42.6 Å². The van der Waals surface area contributed by atoms with E-state index in [2.05, 4.69) is 0 Å². The molecular formula is C18H32O9. The Morgan fingerprint density at radius 1 is 0.556 bits per heavy atom. The van der Waals surface area contributed by atoms with E-state index in [0.29, 0.717) is 72.7 Å². The molecule has 0 saturated carbocycles. The second-order valence-corrected chi connectivity index (χ2v) is 6.73. The summed E-state index contributed by atoms with van der Waals surface area (Å²) in [6.45, 7) is 8.39. The average molecular weight is 392 g/mol. The fraction of sp³-hybridized carbons (Fsp3) is 1.00. The summed E-state index contributed by atoms with van der Waals surface area (Å²) in [5, 5.41) is 0. The van der Waals surface area contributed by atoms with Crippen LogP contribution in [0.5, 0.6) is 0 Å². The largest absolute Gasteiger partial charge is 0.376 e. The molecule has 3 rings (SSSR count). The number of ether oxygens (including phenoxy) is 9. The summed E-state index contributed by atoms with van der Waals surface area (Å²) in [6.07, 6.45) is 0.687. The molecule has 0 spiro atoms. The predicted octanol–water partition coefficient (Wildman–Crippen LogP) is -0.349. The normalized spacial score (nSPS) is 26.9. The lowest BCUT2D eigenvalue weighted by Crippen LogP contribution is -2.29. The molecule has 0 aromatic carbocycles. The van der Waals surface area contributed by atoms with Crippen LogP contribution in [-0.2, 0) is 42.6 Å². The van der Waals surface area contributed by atoms with Gasteiger partial charge >= 0.3 is 0 Å². The quantitative estimate of drug-likeness (QED) is 0.204. The summed E-state index contributed by atoms with van der Waals surface area (Å²) < 4.78 is 48.8. The van der Waals surface area contributed by atoms with Gasteiger partial charge in [-0.2, -0.15) is 0 Å². The topological polar surface area (TPSA) is 93.0 Å². The van der Waals surface area contributed by atoms with Crippen LogP contribution in [0.2, 0.25) is 0 Å². The Bertz CT molecular complexity index is 348. The van der Waals surface area contributed by atoms with Crippen molar-refractivity contribution >= 4 is 0 Å². The molecule has 9 nitrogen and oxygen atoms in total. The van der Waals surface area contributed by atoms with Crippen molar-refractivity contribution in [3.05, 3.63) is 0 Å². The van der Waals surface area contributed by atoms with Gasteiger partial charge in [0.25, 0.3) is 0 Å². The van der Waals surface area contributed by atoms with Gasteiger partial charge in [0, 0.05) is 0 Å². The second kappa shape index (κ2) is 13.0. The maximum atomic E-state index is 5.82. The van der Waals surface area contributed by atoms with Crippen LogP contribution in [0.1, 0.15) is 0 Å². The van der Waals surface area contributed by atoms with Crippen LogP contribution >= 0.6 is 0 Å². The van der Waals surface area contributed by atoms with Crippen molar-refractivity contribution in [2.24, 2.45) is 0 Å². The van der Waals surface area contributed by atoms with Crippen molar-refractivity contribution in [2.45, 2.75) is 24.4 Å². The molecule has 0 bridgehead atoms. The first-order valence-electron chi connectivity index (χ1n) is 9.75. The number of epoxide rings is 3. The summed E-state index contributed by atoms with van der Waals surface area (Å²) in [4.78, 5) is 0. The van der Waals surface area contributed by atoms with E-state index in [1.807, 2.05) is 0 Å². The van der Waals surface area contributed by atoms with Crippen LogP contribution in [0.15, 0.2) is 0 Å². The highest BCUT2D eigenvalue weighted by molar-refractivity contribution is 4.68. The SMILES string of the molecule is C(COCC1CO1)OCC(COCCOCC1CO1)OCCOCC1CO1. The lowest BCUT2D eigenvalue weighted by atomic mass is 10.4. The molecule has 0 aromatic heterocycles. The minimum Gasteiger partial charge on any atom is -0.376 e. The van der Waals surface area contributed by atoms with E-state index in [4.69, 9.17) is 42.6 Å². The van der Waals surface area contributed by atoms with Gasteiger partial charge in [-0.25, -0.2) is 0 Å². The molecule has 3 unspecified atom stereocenters. The zero-order chi connectivity index (χ0) is 18.6. The fourth-order valence-electron chi connectivity index (χ4n) is 2.22. The van der Waals surface area contributed by atoms with E-state index in [-0.39, 0.29) is 24.4 Å². The lowest BCUT2D eigenvalue weighted by Gasteiger charge is -2.18. The Hall–Kier alpha value is -0.360. The highest BCUT2D eigenvalue weighted by atomic mass is 16.6. The Balaban J connectivity index is 1.17. The van der Waals surface area contributed by atoms with Crippen molar-refractivity contribution in [3.8, 4) is 0 Å². The number of hydrogen-bond acceptors (Lipinski definition) is 9. The fourth-order valence-corrected chi connectivity index (χ4v) is 2.22. The molecule has 27 heavy (non-hydrogen) atoms. The third-order valence-electron chi connectivity index (χ3n) is 4.05. The molecule has 0 N–H and O–H groups in total. The first-order chi connectivity index (χ1) is 13.4. The third kappa shape index (κ3) is 11.9. The molecule has 3 saturated heterocycles. The molecule has 3 heterocycles. The van der Waals surface area contributed by atoms with Gasteiger partial charge in [-0.05, 0) is 0 Å². The number of rotatable bonds is 20. The Kier molecular flexibility index (Phi) is 10.3. The molecule has 3 fully saturated rings. The molecule has 3 atom stereocenters. The van der Waals surface area contributed by atoms with Gasteiger partial charge in [0.1, 0.15) is 24.4 Å². The molecule has 0 amide bonds. The van der Waals surface area contributed by atoms with E-state index in [1.54, 1.807) is 0 Å². The smallest absolute Gasteiger partial charge is 0.104 e. The second-order valence-electron chi connectivity index (χ2n) is 6.73. The van der Waals surface area contributed by atoms with E-state index >= 15 is 0 Å². The molecule has 0 aliphatic carbocycles. The molecule has 9 heteroatoms. The summed E-state index contributed by atoms with van der Waals surface area (Å²) in [5.41, 5.74) is 0. The minimum atomic E-state index is -0.149. The maximum Gasteiger partial charge on any atom is 0.104 e. The Morgan fingerprint density at radius 2 is 0.926 bits per heavy atom. The van der Waals surface area contributed by atoms with Crippen molar-refractivity contribution in [3.63, 3.8) is 0 Å². The van der Waals surface area contributed by atoms with Crippen LogP contribution < -0.4 is 0 Å². The number of hydrogen-bond donors (Lipinski definition) is 0. The summed E-state index contributed by atoms with van der Waals surface area (Å²) in [7, 11) is 0. The molecule has 3 aliphatic heterocycles. The highest BCUT2D eigenvalue weighted by Gasteiger charge is 2.23. The van der Waals surface area contributed by atoms with Crippen LogP contribution in [0, 0.1) is 0 Å². The molecule has 158 valence electrons. The Morgan fingerprint density at radius 3 is 1.33 bits per heavy atom. The summed E-state index contributed by atoms with van der Waals surface area (Å²) >= 11 is 0. The van der Waals surface area contributed by atoms with Crippen LogP contribution in [0.3, 0.4) is 0 Å². The average Bonchev–Trinajstić information content (AvgIpc) is 3.53.